The summed E-state index contributed by atoms with van der Waals surface area (Å²) in [6, 6.07) is 16.9. The molecule has 0 saturated carbocycles. The SMILES string of the molecule is OCCCn1c2ccc(CSc3ncccn3)cc2c2c3c[nH]c(O)c3c3c(c21)Cc1ccccc1-3. The molecule has 178 valence electrons. The first kappa shape index (κ1) is 21.5. The number of hydrogen-bond acceptors (Lipinski definition) is 5. The maximum Gasteiger partial charge on any atom is 0.197 e. The molecule has 3 N–H and O–H groups in total. The smallest absolute Gasteiger partial charge is 0.197 e. The van der Waals surface area contributed by atoms with Crippen molar-refractivity contribution in [3.63, 3.8) is 0 Å². The number of thioether (sulfide) groups is 1. The predicted octanol–water partition coefficient (Wildman–Crippen LogP) is 6.02. The topological polar surface area (TPSA) is 87.0 Å². The van der Waals surface area contributed by atoms with Gasteiger partial charge in [-0.3, -0.25) is 0 Å². The summed E-state index contributed by atoms with van der Waals surface area (Å²) in [5, 5.41) is 25.6. The fourth-order valence-corrected chi connectivity index (χ4v) is 6.50. The lowest BCUT2D eigenvalue weighted by Crippen LogP contribution is -2.02. The average Bonchev–Trinajstić information content (AvgIpc) is 3.58. The molecule has 0 spiro atoms. The zero-order valence-corrected chi connectivity index (χ0v) is 20.3. The molecule has 6 aromatic rings. The van der Waals surface area contributed by atoms with E-state index in [1.807, 2.05) is 12.3 Å². The van der Waals surface area contributed by atoms with Gasteiger partial charge in [0.2, 0.25) is 0 Å². The van der Waals surface area contributed by atoms with Gasteiger partial charge in [0.05, 0.1) is 10.9 Å². The van der Waals surface area contributed by atoms with Crippen molar-refractivity contribution in [1.82, 2.24) is 19.5 Å². The molecule has 3 aromatic carbocycles. The first-order chi connectivity index (χ1) is 17.7. The van der Waals surface area contributed by atoms with Crippen LogP contribution in [0.4, 0.5) is 0 Å². The second kappa shape index (κ2) is 8.40. The van der Waals surface area contributed by atoms with E-state index in [0.29, 0.717) is 6.42 Å². The van der Waals surface area contributed by atoms with E-state index in [1.54, 1.807) is 24.2 Å². The number of aliphatic hydroxyl groups excluding tert-OH is 1. The third-order valence-electron chi connectivity index (χ3n) is 7.20. The number of benzene rings is 3. The van der Waals surface area contributed by atoms with Gasteiger partial charge >= 0.3 is 0 Å². The van der Waals surface area contributed by atoms with Crippen LogP contribution >= 0.6 is 11.8 Å². The molecule has 0 amide bonds. The Bertz CT molecular complexity index is 1770. The molecule has 0 unspecified atom stereocenters. The average molecular weight is 493 g/mol. The summed E-state index contributed by atoms with van der Waals surface area (Å²) < 4.78 is 2.37. The van der Waals surface area contributed by atoms with E-state index >= 15 is 0 Å². The standard InChI is InChI=1S/C29H24N4O2S/c34-12-4-11-33-23-8-7-17(16-36-29-30-9-3-10-31-29)13-20(23)25-22-15-32-28(35)26(22)24-19-6-2-1-5-18(19)14-21(24)27(25)33/h1-3,5-10,13,15,32,34-35H,4,11-12,14,16H2. The highest BCUT2D eigenvalue weighted by molar-refractivity contribution is 7.98. The minimum atomic E-state index is 0.141. The summed E-state index contributed by atoms with van der Waals surface area (Å²) in [6.07, 6.45) is 6.97. The number of aromatic nitrogens is 4. The zero-order chi connectivity index (χ0) is 24.2. The van der Waals surface area contributed by atoms with Crippen molar-refractivity contribution < 1.29 is 10.2 Å². The monoisotopic (exact) mass is 492 g/mol. The highest BCUT2D eigenvalue weighted by Gasteiger charge is 2.29. The third-order valence-corrected chi connectivity index (χ3v) is 8.14. The number of H-pyrrole nitrogens is 1. The predicted molar refractivity (Wildman–Crippen MR) is 145 cm³/mol. The largest absolute Gasteiger partial charge is 0.494 e. The first-order valence-electron chi connectivity index (χ1n) is 12.1. The quantitative estimate of drug-likeness (QED) is 0.195. The van der Waals surface area contributed by atoms with E-state index in [4.69, 9.17) is 0 Å². The molecular weight excluding hydrogens is 468 g/mol. The van der Waals surface area contributed by atoms with E-state index in [9.17, 15) is 10.2 Å². The second-order valence-electron chi connectivity index (χ2n) is 9.24. The van der Waals surface area contributed by atoms with Gasteiger partial charge in [-0.05, 0) is 46.9 Å². The summed E-state index contributed by atoms with van der Waals surface area (Å²) in [5.74, 6) is 0.977. The van der Waals surface area contributed by atoms with Crippen LogP contribution in [0.1, 0.15) is 23.1 Å². The number of nitrogens with one attached hydrogen (secondary N) is 1. The number of rotatable bonds is 6. The number of nitrogens with zero attached hydrogens (tertiary/aromatic N) is 3. The van der Waals surface area contributed by atoms with Crippen LogP contribution < -0.4 is 0 Å². The Morgan fingerprint density at radius 2 is 1.86 bits per heavy atom. The summed E-state index contributed by atoms with van der Waals surface area (Å²) in [7, 11) is 0. The van der Waals surface area contributed by atoms with Crippen LogP contribution in [-0.4, -0.2) is 36.3 Å². The van der Waals surface area contributed by atoms with E-state index in [0.717, 1.165) is 56.5 Å². The van der Waals surface area contributed by atoms with Gasteiger partial charge in [-0.15, -0.1) is 0 Å². The van der Waals surface area contributed by atoms with E-state index in [-0.39, 0.29) is 12.5 Å². The lowest BCUT2D eigenvalue weighted by atomic mass is 9.96. The Labute approximate surface area is 211 Å². The molecule has 7 heteroatoms. The van der Waals surface area contributed by atoms with E-state index in [1.165, 1.54) is 27.8 Å². The van der Waals surface area contributed by atoms with Crippen LogP contribution in [0.15, 0.2) is 72.3 Å². The van der Waals surface area contributed by atoms with Gasteiger partial charge < -0.3 is 19.8 Å². The van der Waals surface area contributed by atoms with Crippen molar-refractivity contribution in [3.8, 4) is 17.0 Å². The first-order valence-corrected chi connectivity index (χ1v) is 13.1. The second-order valence-corrected chi connectivity index (χ2v) is 10.2. The lowest BCUT2D eigenvalue weighted by Gasteiger charge is -2.12. The zero-order valence-electron chi connectivity index (χ0n) is 19.5. The van der Waals surface area contributed by atoms with E-state index in [2.05, 4.69) is 62.0 Å². The van der Waals surface area contributed by atoms with Gasteiger partial charge in [0.1, 0.15) is 0 Å². The minimum Gasteiger partial charge on any atom is -0.494 e. The molecule has 7 rings (SSSR count). The molecule has 0 saturated heterocycles. The van der Waals surface area contributed by atoms with Crippen molar-refractivity contribution in [2.45, 2.75) is 30.3 Å². The van der Waals surface area contributed by atoms with Crippen molar-refractivity contribution in [2.24, 2.45) is 0 Å². The molecule has 6 nitrogen and oxygen atoms in total. The van der Waals surface area contributed by atoms with Gasteiger partial charge in [-0.25, -0.2) is 9.97 Å². The highest BCUT2D eigenvalue weighted by Crippen LogP contribution is 2.50. The molecule has 0 bridgehead atoms. The van der Waals surface area contributed by atoms with Gasteiger partial charge in [0.25, 0.3) is 0 Å². The molecule has 1 aliphatic rings. The Morgan fingerprint density at radius 1 is 1.00 bits per heavy atom. The highest BCUT2D eigenvalue weighted by atomic mass is 32.2. The Morgan fingerprint density at radius 3 is 2.72 bits per heavy atom. The molecule has 36 heavy (non-hydrogen) atoms. The third kappa shape index (κ3) is 3.16. The van der Waals surface area contributed by atoms with Crippen molar-refractivity contribution in [3.05, 3.63) is 83.8 Å². The Hall–Kier alpha value is -3.81. The molecule has 0 radical (unpaired) electrons. The molecule has 3 aromatic heterocycles. The van der Waals surface area contributed by atoms with Gasteiger partial charge in [0.15, 0.2) is 11.0 Å². The van der Waals surface area contributed by atoms with Crippen LogP contribution in [0.25, 0.3) is 43.7 Å². The normalized spacial score (nSPS) is 12.6. The van der Waals surface area contributed by atoms with Crippen molar-refractivity contribution in [2.75, 3.05) is 6.61 Å². The van der Waals surface area contributed by atoms with E-state index < -0.39 is 0 Å². The van der Waals surface area contributed by atoms with Crippen molar-refractivity contribution >= 4 is 44.3 Å². The van der Waals surface area contributed by atoms with Gasteiger partial charge in [-0.2, -0.15) is 0 Å². The number of fused-ring (bicyclic) bond motifs is 10. The Balaban J connectivity index is 1.50. The fourth-order valence-electron chi connectivity index (χ4n) is 5.76. The molecule has 3 heterocycles. The maximum absolute atomic E-state index is 10.9. The van der Waals surface area contributed by atoms with Crippen LogP contribution in [0.2, 0.25) is 0 Å². The molecule has 0 atom stereocenters. The summed E-state index contributed by atoms with van der Waals surface area (Å²) in [4.78, 5) is 11.8. The number of aromatic amines is 1. The number of aromatic hydroxyl groups is 1. The number of hydrogen-bond donors (Lipinski definition) is 3. The van der Waals surface area contributed by atoms with Crippen LogP contribution in [0, 0.1) is 0 Å². The summed E-state index contributed by atoms with van der Waals surface area (Å²) in [6.45, 7) is 0.871. The number of aryl methyl sites for hydroxylation is 1. The summed E-state index contributed by atoms with van der Waals surface area (Å²) in [5.41, 5.74) is 8.38. The molecule has 0 aliphatic heterocycles. The van der Waals surface area contributed by atoms with Crippen molar-refractivity contribution in [1.29, 1.82) is 0 Å². The minimum absolute atomic E-state index is 0.141. The van der Waals surface area contributed by atoms with Gasteiger partial charge in [-0.1, -0.05) is 42.1 Å². The van der Waals surface area contributed by atoms with Gasteiger partial charge in [0, 0.05) is 71.2 Å². The maximum atomic E-state index is 10.9. The Kier molecular flexibility index (Phi) is 5.01. The molecular formula is C29H24N4O2S. The lowest BCUT2D eigenvalue weighted by molar-refractivity contribution is 0.281. The van der Waals surface area contributed by atoms with Crippen LogP contribution in [0.5, 0.6) is 5.88 Å². The molecule has 1 aliphatic carbocycles. The molecule has 0 fully saturated rings. The summed E-state index contributed by atoms with van der Waals surface area (Å²) >= 11 is 1.62. The van der Waals surface area contributed by atoms with Crippen LogP contribution in [-0.2, 0) is 18.7 Å². The fraction of sp³-hybridized carbons (Fsp3) is 0.172. The number of aliphatic hydroxyl groups is 1. The van der Waals surface area contributed by atoms with Crippen LogP contribution in [0.3, 0.4) is 0 Å².